The van der Waals surface area contributed by atoms with Gasteiger partial charge in [0, 0.05) is 43.9 Å². The van der Waals surface area contributed by atoms with Crippen molar-refractivity contribution in [2.45, 2.75) is 45.1 Å². The van der Waals surface area contributed by atoms with Gasteiger partial charge in [0.05, 0.1) is 19.2 Å². The number of hydrogen-bond donors (Lipinski definition) is 1. The number of likely N-dealkylation sites (tertiary alicyclic amines) is 1. The second-order valence-electron chi connectivity index (χ2n) is 8.41. The summed E-state index contributed by atoms with van der Waals surface area (Å²) in [5, 5.41) is 3.20. The van der Waals surface area contributed by atoms with E-state index in [4.69, 9.17) is 4.74 Å². The third kappa shape index (κ3) is 6.46. The van der Waals surface area contributed by atoms with Crippen molar-refractivity contribution >= 4 is 11.6 Å². The number of benzene rings is 1. The highest BCUT2D eigenvalue weighted by Gasteiger charge is 2.21. The van der Waals surface area contributed by atoms with Crippen molar-refractivity contribution in [3.8, 4) is 0 Å². The van der Waals surface area contributed by atoms with Crippen molar-refractivity contribution in [2.75, 3.05) is 27.2 Å². The van der Waals surface area contributed by atoms with Crippen LogP contribution in [0, 0.1) is 6.92 Å². The zero-order valence-corrected chi connectivity index (χ0v) is 19.6. The van der Waals surface area contributed by atoms with E-state index in [0.29, 0.717) is 6.42 Å². The van der Waals surface area contributed by atoms with E-state index < -0.39 is 0 Å². The number of allylic oxidation sites excluding steroid dienone is 6. The van der Waals surface area contributed by atoms with Gasteiger partial charge < -0.3 is 15.0 Å². The number of carbonyl (C=O) groups is 1. The molecule has 1 heterocycles. The average molecular weight is 434 g/mol. The standard InChI is InChI=1S/C27H35N3O2/c1-20-8-7-9-22(18-20)19-27(31)29-23-14-16-30(17-15-23)21(2)12-13-25(28-3)24-10-5-6-11-26(24)32-4/h5,7-10,12-13,18,23H,2,6,11,14-17,19H2,1,3-4H3,(H,29,31)/b13-12-,28-25?. The molecule has 1 N–H and O–H groups in total. The predicted octanol–water partition coefficient (Wildman–Crippen LogP) is 4.51. The molecule has 1 aliphatic carbocycles. The van der Waals surface area contributed by atoms with Gasteiger partial charge in [0.15, 0.2) is 0 Å². The topological polar surface area (TPSA) is 53.9 Å². The molecular formula is C27H35N3O2. The second kappa shape index (κ2) is 11.5. The van der Waals surface area contributed by atoms with Crippen LogP contribution in [0.15, 0.2) is 77.2 Å². The molecular weight excluding hydrogens is 398 g/mol. The number of hydrogen-bond acceptors (Lipinski definition) is 4. The molecule has 32 heavy (non-hydrogen) atoms. The Balaban J connectivity index is 1.49. The first-order chi connectivity index (χ1) is 15.5. The summed E-state index contributed by atoms with van der Waals surface area (Å²) in [6.45, 7) is 8.06. The third-order valence-electron chi connectivity index (χ3n) is 6.03. The number of amides is 1. The van der Waals surface area contributed by atoms with Gasteiger partial charge in [-0.1, -0.05) is 48.6 Å². The van der Waals surface area contributed by atoms with E-state index >= 15 is 0 Å². The number of methoxy groups -OCH3 is 1. The summed E-state index contributed by atoms with van der Waals surface area (Å²) in [4.78, 5) is 19.2. The van der Waals surface area contributed by atoms with Gasteiger partial charge in [0.25, 0.3) is 0 Å². The Kier molecular flexibility index (Phi) is 8.48. The molecule has 5 heteroatoms. The van der Waals surface area contributed by atoms with Gasteiger partial charge in [-0.2, -0.15) is 0 Å². The van der Waals surface area contributed by atoms with Crippen molar-refractivity contribution < 1.29 is 9.53 Å². The first kappa shape index (κ1) is 23.6. The normalized spacial score (nSPS) is 17.7. The van der Waals surface area contributed by atoms with Crippen LogP contribution in [0.25, 0.3) is 0 Å². The lowest BCUT2D eigenvalue weighted by Gasteiger charge is -2.34. The van der Waals surface area contributed by atoms with E-state index in [2.05, 4.69) is 40.0 Å². The van der Waals surface area contributed by atoms with Crippen LogP contribution < -0.4 is 5.32 Å². The van der Waals surface area contributed by atoms with Crippen molar-refractivity contribution in [2.24, 2.45) is 4.99 Å². The maximum atomic E-state index is 12.4. The van der Waals surface area contributed by atoms with Crippen LogP contribution >= 0.6 is 0 Å². The molecule has 1 saturated heterocycles. The molecule has 1 fully saturated rings. The fourth-order valence-corrected chi connectivity index (χ4v) is 4.25. The summed E-state index contributed by atoms with van der Waals surface area (Å²) in [7, 11) is 3.52. The lowest BCUT2D eigenvalue weighted by molar-refractivity contribution is -0.121. The largest absolute Gasteiger partial charge is 0.500 e. The Morgan fingerprint density at radius 3 is 2.78 bits per heavy atom. The number of piperidine rings is 1. The Bertz CT molecular complexity index is 947. The summed E-state index contributed by atoms with van der Waals surface area (Å²) in [6, 6.07) is 8.35. The highest BCUT2D eigenvalue weighted by atomic mass is 16.5. The summed E-state index contributed by atoms with van der Waals surface area (Å²) in [6.07, 6.45) is 12.5. The van der Waals surface area contributed by atoms with Crippen molar-refractivity contribution in [1.29, 1.82) is 0 Å². The Morgan fingerprint density at radius 2 is 2.09 bits per heavy atom. The van der Waals surface area contributed by atoms with Crippen LogP contribution in [0.4, 0.5) is 0 Å². The van der Waals surface area contributed by atoms with Gasteiger partial charge in [0.2, 0.25) is 5.91 Å². The molecule has 1 amide bonds. The number of aliphatic imine (C=N–C) groups is 1. The zero-order chi connectivity index (χ0) is 22.9. The summed E-state index contributed by atoms with van der Waals surface area (Å²) >= 11 is 0. The highest BCUT2D eigenvalue weighted by molar-refractivity contribution is 6.10. The fourth-order valence-electron chi connectivity index (χ4n) is 4.25. The van der Waals surface area contributed by atoms with Crippen LogP contribution in [0.3, 0.4) is 0 Å². The maximum absolute atomic E-state index is 12.4. The molecule has 1 aliphatic heterocycles. The molecule has 5 nitrogen and oxygen atoms in total. The highest BCUT2D eigenvalue weighted by Crippen LogP contribution is 2.22. The number of ether oxygens (including phenoxy) is 1. The van der Waals surface area contributed by atoms with Crippen molar-refractivity contribution in [1.82, 2.24) is 10.2 Å². The summed E-state index contributed by atoms with van der Waals surface area (Å²) in [5.74, 6) is 1.07. The van der Waals surface area contributed by atoms with Gasteiger partial charge in [0.1, 0.15) is 5.76 Å². The molecule has 0 atom stereocenters. The van der Waals surface area contributed by atoms with E-state index in [1.807, 2.05) is 37.3 Å². The molecule has 0 unspecified atom stereocenters. The predicted molar refractivity (Wildman–Crippen MR) is 132 cm³/mol. The van der Waals surface area contributed by atoms with Crippen LogP contribution in [0.1, 0.15) is 36.8 Å². The molecule has 170 valence electrons. The Hall–Kier alpha value is -3.08. The lowest BCUT2D eigenvalue weighted by atomic mass is 9.99. The SMILES string of the molecule is C=C(/C=C\C(=NC)C1=C(OC)CCC=C1)N1CCC(NC(=O)Cc2cccc(C)c2)CC1. The van der Waals surface area contributed by atoms with E-state index in [-0.39, 0.29) is 11.9 Å². The molecule has 0 spiro atoms. The zero-order valence-electron chi connectivity index (χ0n) is 19.6. The molecule has 2 aliphatic rings. The number of rotatable bonds is 8. The van der Waals surface area contributed by atoms with Gasteiger partial charge in [-0.05, 0) is 43.9 Å². The summed E-state index contributed by atoms with van der Waals surface area (Å²) in [5.41, 5.74) is 5.15. The minimum Gasteiger partial charge on any atom is -0.500 e. The van der Waals surface area contributed by atoms with E-state index in [0.717, 1.165) is 67.1 Å². The molecule has 1 aromatic rings. The minimum absolute atomic E-state index is 0.0966. The van der Waals surface area contributed by atoms with Crippen LogP contribution in [-0.2, 0) is 16.0 Å². The Labute approximate surface area is 192 Å². The van der Waals surface area contributed by atoms with Crippen molar-refractivity contribution in [3.05, 3.63) is 83.3 Å². The van der Waals surface area contributed by atoms with E-state index in [9.17, 15) is 4.79 Å². The smallest absolute Gasteiger partial charge is 0.224 e. The van der Waals surface area contributed by atoms with Gasteiger partial charge >= 0.3 is 0 Å². The molecule has 0 bridgehead atoms. The van der Waals surface area contributed by atoms with Gasteiger partial charge in [-0.3, -0.25) is 9.79 Å². The third-order valence-corrected chi connectivity index (χ3v) is 6.03. The molecule has 0 saturated carbocycles. The van der Waals surface area contributed by atoms with Gasteiger partial charge in [-0.15, -0.1) is 0 Å². The second-order valence-corrected chi connectivity index (χ2v) is 8.41. The molecule has 0 radical (unpaired) electrons. The molecule has 1 aromatic carbocycles. The first-order valence-corrected chi connectivity index (χ1v) is 11.4. The number of nitrogens with zero attached hydrogens (tertiary/aromatic N) is 2. The number of aryl methyl sites for hydroxylation is 1. The molecule has 3 rings (SSSR count). The molecule has 0 aromatic heterocycles. The van der Waals surface area contributed by atoms with E-state index in [1.54, 1.807) is 14.2 Å². The van der Waals surface area contributed by atoms with Gasteiger partial charge in [-0.25, -0.2) is 0 Å². The quantitative estimate of drug-likeness (QED) is 0.485. The lowest BCUT2D eigenvalue weighted by Crippen LogP contribution is -2.44. The minimum atomic E-state index is 0.0966. The maximum Gasteiger partial charge on any atom is 0.224 e. The van der Waals surface area contributed by atoms with Crippen LogP contribution in [-0.4, -0.2) is 49.8 Å². The van der Waals surface area contributed by atoms with Crippen molar-refractivity contribution in [3.63, 3.8) is 0 Å². The monoisotopic (exact) mass is 433 g/mol. The summed E-state index contributed by atoms with van der Waals surface area (Å²) < 4.78 is 5.54. The first-order valence-electron chi connectivity index (χ1n) is 11.4. The van der Waals surface area contributed by atoms with Crippen LogP contribution in [0.5, 0.6) is 0 Å². The Morgan fingerprint density at radius 1 is 1.31 bits per heavy atom. The number of nitrogens with one attached hydrogen (secondary N) is 1. The van der Waals surface area contributed by atoms with E-state index in [1.165, 1.54) is 5.56 Å². The van der Waals surface area contributed by atoms with Crippen LogP contribution in [0.2, 0.25) is 0 Å². The average Bonchev–Trinajstić information content (AvgIpc) is 2.80. The number of carbonyl (C=O) groups excluding carboxylic acids is 1. The fraction of sp³-hybridized carbons (Fsp3) is 0.407.